The highest BCUT2D eigenvalue weighted by atomic mass is 16.4. The van der Waals surface area contributed by atoms with Crippen molar-refractivity contribution in [2.45, 2.75) is 51.7 Å². The minimum absolute atomic E-state index is 0.113. The Morgan fingerprint density at radius 3 is 2.88 bits per heavy atom. The molecule has 1 aromatic rings. The van der Waals surface area contributed by atoms with Crippen molar-refractivity contribution in [3.63, 3.8) is 0 Å². The number of nitrogens with zero attached hydrogens (tertiary/aromatic N) is 2. The zero-order chi connectivity index (χ0) is 12.7. The molecule has 0 bridgehead atoms. The van der Waals surface area contributed by atoms with Crippen LogP contribution < -0.4 is 5.32 Å². The van der Waals surface area contributed by atoms with Gasteiger partial charge in [-0.2, -0.15) is 0 Å². The van der Waals surface area contributed by atoms with Crippen LogP contribution in [0.1, 0.15) is 33.1 Å². The number of carbonyl (C=O) groups is 1. The van der Waals surface area contributed by atoms with Crippen LogP contribution in [-0.2, 0) is 11.3 Å². The van der Waals surface area contributed by atoms with E-state index in [9.17, 15) is 4.79 Å². The number of carboxylic acid groups (broad SMARTS) is 1. The molecule has 17 heavy (non-hydrogen) atoms. The molecule has 0 aliphatic heterocycles. The van der Waals surface area contributed by atoms with Crippen LogP contribution in [0.4, 0.5) is 0 Å². The molecule has 0 saturated heterocycles. The second-order valence-corrected chi connectivity index (χ2v) is 4.36. The Kier molecular flexibility index (Phi) is 5.69. The van der Waals surface area contributed by atoms with Gasteiger partial charge >= 0.3 is 5.97 Å². The summed E-state index contributed by atoms with van der Waals surface area (Å²) < 4.78 is 1.94. The second kappa shape index (κ2) is 7.06. The number of hydrogen-bond acceptors (Lipinski definition) is 3. The van der Waals surface area contributed by atoms with E-state index in [2.05, 4.69) is 17.2 Å². The van der Waals surface area contributed by atoms with Crippen LogP contribution >= 0.6 is 0 Å². The lowest BCUT2D eigenvalue weighted by Gasteiger charge is -2.20. The predicted molar refractivity (Wildman–Crippen MR) is 65.8 cm³/mol. The number of hydrogen-bond donors (Lipinski definition) is 2. The van der Waals surface area contributed by atoms with Crippen LogP contribution in [0.3, 0.4) is 0 Å². The molecule has 0 radical (unpaired) electrons. The first-order valence-electron chi connectivity index (χ1n) is 6.08. The lowest BCUT2D eigenvalue weighted by molar-refractivity contribution is -0.139. The van der Waals surface area contributed by atoms with Gasteiger partial charge in [0.25, 0.3) is 0 Å². The smallest absolute Gasteiger partial charge is 0.320 e. The van der Waals surface area contributed by atoms with E-state index in [0.717, 1.165) is 19.4 Å². The van der Waals surface area contributed by atoms with Crippen molar-refractivity contribution in [2.24, 2.45) is 0 Å². The van der Waals surface area contributed by atoms with Crippen LogP contribution in [0.15, 0.2) is 18.7 Å². The topological polar surface area (TPSA) is 67.2 Å². The van der Waals surface area contributed by atoms with Gasteiger partial charge in [-0.25, -0.2) is 4.98 Å². The SMILES string of the molecule is CCCCC(NC(C)Cn1ccnc1)C(=O)O. The van der Waals surface area contributed by atoms with E-state index in [-0.39, 0.29) is 6.04 Å². The molecule has 1 rings (SSSR count). The predicted octanol–water partition coefficient (Wildman–Crippen LogP) is 1.50. The first-order valence-corrected chi connectivity index (χ1v) is 6.08. The zero-order valence-corrected chi connectivity index (χ0v) is 10.5. The summed E-state index contributed by atoms with van der Waals surface area (Å²) in [5, 5.41) is 12.2. The van der Waals surface area contributed by atoms with Crippen molar-refractivity contribution in [3.8, 4) is 0 Å². The summed E-state index contributed by atoms with van der Waals surface area (Å²) in [6.07, 6.45) is 7.96. The molecule has 96 valence electrons. The number of carboxylic acids is 1. The highest BCUT2D eigenvalue weighted by molar-refractivity contribution is 5.73. The van der Waals surface area contributed by atoms with Gasteiger partial charge in [0, 0.05) is 25.0 Å². The Labute approximate surface area is 102 Å². The van der Waals surface area contributed by atoms with Crippen molar-refractivity contribution in [1.82, 2.24) is 14.9 Å². The number of nitrogens with one attached hydrogen (secondary N) is 1. The fourth-order valence-corrected chi connectivity index (χ4v) is 1.79. The van der Waals surface area contributed by atoms with Crippen LogP contribution in [0, 0.1) is 0 Å². The third-order valence-corrected chi connectivity index (χ3v) is 2.67. The van der Waals surface area contributed by atoms with Gasteiger partial charge in [0.1, 0.15) is 6.04 Å². The van der Waals surface area contributed by atoms with Gasteiger partial charge in [0.15, 0.2) is 0 Å². The third kappa shape index (κ3) is 4.99. The maximum absolute atomic E-state index is 11.1. The molecule has 0 aliphatic carbocycles. The molecule has 0 amide bonds. The van der Waals surface area contributed by atoms with E-state index in [0.29, 0.717) is 6.42 Å². The second-order valence-electron chi connectivity index (χ2n) is 4.36. The molecule has 2 unspecified atom stereocenters. The molecule has 0 aliphatic rings. The molecule has 1 heterocycles. The fraction of sp³-hybridized carbons (Fsp3) is 0.667. The Bertz CT molecular complexity index is 325. The molecular formula is C12H21N3O2. The fourth-order valence-electron chi connectivity index (χ4n) is 1.79. The maximum atomic E-state index is 11.1. The Hall–Kier alpha value is -1.36. The summed E-state index contributed by atoms with van der Waals surface area (Å²) in [7, 11) is 0. The van der Waals surface area contributed by atoms with Gasteiger partial charge in [-0.05, 0) is 13.3 Å². The summed E-state index contributed by atoms with van der Waals surface area (Å²) in [5.41, 5.74) is 0. The van der Waals surface area contributed by atoms with Crippen molar-refractivity contribution in [1.29, 1.82) is 0 Å². The van der Waals surface area contributed by atoms with Crippen LogP contribution in [0.5, 0.6) is 0 Å². The average molecular weight is 239 g/mol. The molecular weight excluding hydrogens is 218 g/mol. The lowest BCUT2D eigenvalue weighted by atomic mass is 10.1. The zero-order valence-electron chi connectivity index (χ0n) is 10.5. The van der Waals surface area contributed by atoms with E-state index in [4.69, 9.17) is 5.11 Å². The molecule has 5 nitrogen and oxygen atoms in total. The largest absolute Gasteiger partial charge is 0.480 e. The Morgan fingerprint density at radius 1 is 1.59 bits per heavy atom. The van der Waals surface area contributed by atoms with Gasteiger partial charge in [0.2, 0.25) is 0 Å². The van der Waals surface area contributed by atoms with Crippen molar-refractivity contribution in [3.05, 3.63) is 18.7 Å². The minimum Gasteiger partial charge on any atom is -0.480 e. The Morgan fingerprint density at radius 2 is 2.35 bits per heavy atom. The van der Waals surface area contributed by atoms with E-state index in [1.54, 1.807) is 12.5 Å². The maximum Gasteiger partial charge on any atom is 0.320 e. The molecule has 2 N–H and O–H groups in total. The van der Waals surface area contributed by atoms with E-state index < -0.39 is 12.0 Å². The van der Waals surface area contributed by atoms with Gasteiger partial charge in [-0.3, -0.25) is 4.79 Å². The van der Waals surface area contributed by atoms with Gasteiger partial charge < -0.3 is 15.0 Å². The first kappa shape index (κ1) is 13.7. The summed E-state index contributed by atoms with van der Waals surface area (Å²) >= 11 is 0. The van der Waals surface area contributed by atoms with Crippen molar-refractivity contribution in [2.75, 3.05) is 0 Å². The van der Waals surface area contributed by atoms with E-state index >= 15 is 0 Å². The van der Waals surface area contributed by atoms with E-state index in [1.165, 1.54) is 0 Å². The molecule has 5 heteroatoms. The molecule has 2 atom stereocenters. The molecule has 0 saturated carbocycles. The number of aromatic nitrogens is 2. The highest BCUT2D eigenvalue weighted by Gasteiger charge is 2.18. The van der Waals surface area contributed by atoms with Gasteiger partial charge in [-0.1, -0.05) is 19.8 Å². The summed E-state index contributed by atoms with van der Waals surface area (Å²) in [6, 6.07) is -0.337. The van der Waals surface area contributed by atoms with Crippen molar-refractivity contribution >= 4 is 5.97 Å². The van der Waals surface area contributed by atoms with Crippen molar-refractivity contribution < 1.29 is 9.90 Å². The standard InChI is InChI=1S/C12H21N3O2/c1-3-4-5-11(12(16)17)14-10(2)8-15-7-6-13-9-15/h6-7,9-11,14H,3-5,8H2,1-2H3,(H,16,17). The van der Waals surface area contributed by atoms with Crippen LogP contribution in [0.25, 0.3) is 0 Å². The summed E-state index contributed by atoms with van der Waals surface area (Å²) in [5.74, 6) is -0.768. The molecule has 1 aromatic heterocycles. The number of imidazole rings is 1. The molecule has 0 spiro atoms. The third-order valence-electron chi connectivity index (χ3n) is 2.67. The quantitative estimate of drug-likeness (QED) is 0.721. The van der Waals surface area contributed by atoms with E-state index in [1.807, 2.05) is 17.7 Å². The Balaban J connectivity index is 2.40. The number of aliphatic carboxylic acids is 1. The lowest BCUT2D eigenvalue weighted by Crippen LogP contribution is -2.43. The first-order chi connectivity index (χ1) is 8.13. The summed E-state index contributed by atoms with van der Waals surface area (Å²) in [4.78, 5) is 15.0. The molecule has 0 aromatic carbocycles. The summed E-state index contributed by atoms with van der Waals surface area (Å²) in [6.45, 7) is 4.78. The number of rotatable bonds is 8. The van der Waals surface area contributed by atoms with Crippen LogP contribution in [0.2, 0.25) is 0 Å². The van der Waals surface area contributed by atoms with Crippen LogP contribution in [-0.4, -0.2) is 32.7 Å². The monoisotopic (exact) mass is 239 g/mol. The normalized spacial score (nSPS) is 14.5. The van der Waals surface area contributed by atoms with Gasteiger partial charge in [-0.15, -0.1) is 0 Å². The highest BCUT2D eigenvalue weighted by Crippen LogP contribution is 2.03. The van der Waals surface area contributed by atoms with Gasteiger partial charge in [0.05, 0.1) is 6.33 Å². The minimum atomic E-state index is -0.768. The average Bonchev–Trinajstić information content (AvgIpc) is 2.76. The molecule has 0 fully saturated rings. The number of unbranched alkanes of at least 4 members (excludes halogenated alkanes) is 1.